The van der Waals surface area contributed by atoms with Crippen molar-refractivity contribution in [2.45, 2.75) is 13.0 Å². The average molecular weight is 351 g/mol. The first kappa shape index (κ1) is 13.3. The van der Waals surface area contributed by atoms with Gasteiger partial charge in [-0.25, -0.2) is 4.98 Å². The first-order valence-corrected chi connectivity index (χ1v) is 7.74. The summed E-state index contributed by atoms with van der Waals surface area (Å²) in [7, 11) is 0. The molecule has 4 nitrogen and oxygen atoms in total. The summed E-state index contributed by atoms with van der Waals surface area (Å²) < 4.78 is 2.95. The molecule has 0 saturated heterocycles. The van der Waals surface area contributed by atoms with E-state index in [4.69, 9.17) is 5.11 Å². The first-order valence-electron chi connectivity index (χ1n) is 6.07. The summed E-state index contributed by atoms with van der Waals surface area (Å²) in [6, 6.07) is 9.76. The third-order valence-electron chi connectivity index (χ3n) is 3.02. The average Bonchev–Trinajstić information content (AvgIpc) is 2.99. The van der Waals surface area contributed by atoms with E-state index in [2.05, 4.69) is 20.9 Å². The molecule has 0 saturated carbocycles. The molecule has 0 unspecified atom stereocenters. The molecule has 20 heavy (non-hydrogen) atoms. The van der Waals surface area contributed by atoms with Crippen molar-refractivity contribution < 1.29 is 9.90 Å². The van der Waals surface area contributed by atoms with Gasteiger partial charge >= 0.3 is 5.97 Å². The molecular weight excluding hydrogens is 340 g/mol. The fraction of sp³-hybridized carbons (Fsp3) is 0.143. The Kier molecular flexibility index (Phi) is 3.58. The van der Waals surface area contributed by atoms with Crippen LogP contribution in [0.15, 0.2) is 40.2 Å². The summed E-state index contributed by atoms with van der Waals surface area (Å²) in [6.07, 6.45) is 0.0797. The van der Waals surface area contributed by atoms with Gasteiger partial charge in [0.1, 0.15) is 0 Å². The van der Waals surface area contributed by atoms with Gasteiger partial charge in [0.05, 0.1) is 22.3 Å². The number of hydrogen-bond donors (Lipinski definition) is 1. The summed E-state index contributed by atoms with van der Waals surface area (Å²) in [5.74, 6) is 0.00769. The highest BCUT2D eigenvalue weighted by molar-refractivity contribution is 9.10. The van der Waals surface area contributed by atoms with Crippen molar-refractivity contribution in [3.8, 4) is 10.7 Å². The number of benzene rings is 1. The number of rotatable bonds is 4. The Hall–Kier alpha value is -1.66. The van der Waals surface area contributed by atoms with Crippen LogP contribution in [0.1, 0.15) is 6.42 Å². The lowest BCUT2D eigenvalue weighted by Gasteiger charge is -2.06. The Morgan fingerprint density at radius 3 is 2.85 bits per heavy atom. The summed E-state index contributed by atoms with van der Waals surface area (Å²) in [5, 5.41) is 10.9. The van der Waals surface area contributed by atoms with E-state index in [-0.39, 0.29) is 6.42 Å². The number of para-hydroxylation sites is 2. The summed E-state index contributed by atoms with van der Waals surface area (Å²) in [4.78, 5) is 16.5. The van der Waals surface area contributed by atoms with E-state index in [1.165, 1.54) is 0 Å². The number of hydrogen-bond acceptors (Lipinski definition) is 3. The molecule has 0 fully saturated rings. The van der Waals surface area contributed by atoms with E-state index in [1.54, 1.807) is 11.3 Å². The molecule has 6 heteroatoms. The molecule has 0 atom stereocenters. The molecular formula is C14H11BrN2O2S. The molecule has 0 radical (unpaired) electrons. The van der Waals surface area contributed by atoms with Gasteiger partial charge in [-0.3, -0.25) is 4.79 Å². The number of carbonyl (C=O) groups is 1. The van der Waals surface area contributed by atoms with Crippen LogP contribution in [0.3, 0.4) is 0 Å². The van der Waals surface area contributed by atoms with Crippen LogP contribution >= 0.6 is 27.3 Å². The zero-order valence-corrected chi connectivity index (χ0v) is 12.8. The van der Waals surface area contributed by atoms with Crippen molar-refractivity contribution in [2.75, 3.05) is 0 Å². The Labute approximate surface area is 127 Å². The van der Waals surface area contributed by atoms with Crippen molar-refractivity contribution in [3.63, 3.8) is 0 Å². The van der Waals surface area contributed by atoms with Crippen LogP contribution in [0.5, 0.6) is 0 Å². The van der Waals surface area contributed by atoms with E-state index in [0.717, 1.165) is 26.2 Å². The van der Waals surface area contributed by atoms with Gasteiger partial charge in [0.2, 0.25) is 0 Å². The summed E-state index contributed by atoms with van der Waals surface area (Å²) in [6.45, 7) is 0.412. The number of carboxylic acids is 1. The highest BCUT2D eigenvalue weighted by atomic mass is 79.9. The van der Waals surface area contributed by atoms with Gasteiger partial charge in [-0.05, 0) is 39.5 Å². The topological polar surface area (TPSA) is 55.1 Å². The highest BCUT2D eigenvalue weighted by Gasteiger charge is 2.16. The normalized spacial score (nSPS) is 11.1. The van der Waals surface area contributed by atoms with Gasteiger partial charge in [-0.15, -0.1) is 11.3 Å². The zero-order chi connectivity index (χ0) is 14.1. The maximum atomic E-state index is 10.9. The van der Waals surface area contributed by atoms with Crippen molar-refractivity contribution >= 4 is 44.3 Å². The molecule has 0 bridgehead atoms. The van der Waals surface area contributed by atoms with Crippen LogP contribution in [0.2, 0.25) is 0 Å². The Bertz CT molecular complexity index is 778. The fourth-order valence-electron chi connectivity index (χ4n) is 2.14. The van der Waals surface area contributed by atoms with Crippen LogP contribution in [0.25, 0.3) is 21.7 Å². The van der Waals surface area contributed by atoms with Gasteiger partial charge in [-0.1, -0.05) is 12.1 Å². The van der Waals surface area contributed by atoms with Gasteiger partial charge < -0.3 is 9.67 Å². The second-order valence-corrected chi connectivity index (χ2v) is 6.09. The standard InChI is InChI=1S/C14H11BrN2O2S/c15-9-6-8-20-13(9)14-16-10-3-1-2-4-11(10)17(14)7-5-12(18)19/h1-4,6,8H,5,7H2,(H,18,19). The maximum absolute atomic E-state index is 10.9. The Morgan fingerprint density at radius 2 is 2.15 bits per heavy atom. The number of aryl methyl sites for hydroxylation is 1. The first-order chi connectivity index (χ1) is 9.66. The Balaban J connectivity index is 2.17. The summed E-state index contributed by atoms with van der Waals surface area (Å²) >= 11 is 5.10. The third kappa shape index (κ3) is 2.36. The monoisotopic (exact) mass is 350 g/mol. The molecule has 0 amide bonds. The minimum absolute atomic E-state index is 0.0797. The SMILES string of the molecule is O=C(O)CCn1c(-c2sccc2Br)nc2ccccc21. The smallest absolute Gasteiger partial charge is 0.305 e. The number of carboxylic acid groups (broad SMARTS) is 1. The van der Waals surface area contributed by atoms with Gasteiger partial charge in [-0.2, -0.15) is 0 Å². The van der Waals surface area contributed by atoms with Crippen LogP contribution in [-0.2, 0) is 11.3 Å². The number of halogens is 1. The zero-order valence-electron chi connectivity index (χ0n) is 10.4. The van der Waals surface area contributed by atoms with Crippen molar-refractivity contribution in [3.05, 3.63) is 40.2 Å². The number of aromatic nitrogens is 2. The molecule has 0 spiro atoms. The lowest BCUT2D eigenvalue weighted by atomic mass is 10.3. The molecule has 0 aliphatic heterocycles. The molecule has 0 aliphatic rings. The number of imidazole rings is 1. The predicted octanol–water partition coefficient (Wildman–Crippen LogP) is 4.00. The largest absolute Gasteiger partial charge is 0.481 e. The molecule has 3 rings (SSSR count). The Morgan fingerprint density at radius 1 is 1.35 bits per heavy atom. The highest BCUT2D eigenvalue weighted by Crippen LogP contribution is 2.34. The molecule has 2 heterocycles. The van der Waals surface area contributed by atoms with Gasteiger partial charge in [0.15, 0.2) is 5.82 Å². The second kappa shape index (κ2) is 5.38. The van der Waals surface area contributed by atoms with Crippen molar-refractivity contribution in [1.29, 1.82) is 0 Å². The number of aliphatic carboxylic acids is 1. The van der Waals surface area contributed by atoms with E-state index in [9.17, 15) is 4.79 Å². The lowest BCUT2D eigenvalue weighted by Crippen LogP contribution is -2.05. The van der Waals surface area contributed by atoms with Crippen molar-refractivity contribution in [1.82, 2.24) is 9.55 Å². The maximum Gasteiger partial charge on any atom is 0.305 e. The molecule has 2 aromatic heterocycles. The molecule has 102 valence electrons. The number of fused-ring (bicyclic) bond motifs is 1. The second-order valence-electron chi connectivity index (χ2n) is 4.32. The quantitative estimate of drug-likeness (QED) is 0.773. The summed E-state index contributed by atoms with van der Waals surface area (Å²) in [5.41, 5.74) is 1.84. The lowest BCUT2D eigenvalue weighted by molar-refractivity contribution is -0.137. The molecule has 1 N–H and O–H groups in total. The number of thiophene rings is 1. The van der Waals surface area contributed by atoms with Crippen LogP contribution in [0.4, 0.5) is 0 Å². The van der Waals surface area contributed by atoms with Crippen LogP contribution in [0, 0.1) is 0 Å². The van der Waals surface area contributed by atoms with Crippen LogP contribution in [-0.4, -0.2) is 20.6 Å². The molecule has 3 aromatic rings. The fourth-order valence-corrected chi connectivity index (χ4v) is 3.68. The van der Waals surface area contributed by atoms with E-state index in [0.29, 0.717) is 6.54 Å². The molecule has 0 aliphatic carbocycles. The van der Waals surface area contributed by atoms with E-state index < -0.39 is 5.97 Å². The third-order valence-corrected chi connectivity index (χ3v) is 4.86. The predicted molar refractivity (Wildman–Crippen MR) is 83.0 cm³/mol. The van der Waals surface area contributed by atoms with Crippen molar-refractivity contribution in [2.24, 2.45) is 0 Å². The van der Waals surface area contributed by atoms with E-state index in [1.807, 2.05) is 40.3 Å². The number of nitrogens with zero attached hydrogens (tertiary/aromatic N) is 2. The van der Waals surface area contributed by atoms with Gasteiger partial charge in [0.25, 0.3) is 0 Å². The van der Waals surface area contributed by atoms with Gasteiger partial charge in [0, 0.05) is 11.0 Å². The minimum atomic E-state index is -0.807. The van der Waals surface area contributed by atoms with Crippen LogP contribution < -0.4 is 0 Å². The minimum Gasteiger partial charge on any atom is -0.481 e. The molecule has 1 aromatic carbocycles. The van der Waals surface area contributed by atoms with E-state index >= 15 is 0 Å².